The second kappa shape index (κ2) is 8.63. The van der Waals surface area contributed by atoms with E-state index in [2.05, 4.69) is 61.4 Å². The standard InChI is InChI=1S/C16H14S4/c17-13-3-7-15(8-4-13)19-11-1-2-12-20-16-9-5-14(18)6-10-16/h3-10,17-18H,11-12H2. The summed E-state index contributed by atoms with van der Waals surface area (Å²) in [5, 5.41) is 0. The molecule has 0 N–H and O–H groups in total. The molecule has 2 aromatic carbocycles. The van der Waals surface area contributed by atoms with Crippen LogP contribution in [-0.2, 0) is 0 Å². The minimum Gasteiger partial charge on any atom is -0.143 e. The number of benzene rings is 2. The van der Waals surface area contributed by atoms with E-state index in [1.807, 2.05) is 24.3 Å². The molecule has 0 nitrogen and oxygen atoms in total. The molecular weight excluding hydrogens is 320 g/mol. The molecule has 102 valence electrons. The molecule has 0 aromatic heterocycles. The van der Waals surface area contributed by atoms with Crippen molar-refractivity contribution in [3.63, 3.8) is 0 Å². The lowest BCUT2D eigenvalue weighted by atomic mass is 10.4. The van der Waals surface area contributed by atoms with Gasteiger partial charge in [-0.05, 0) is 48.5 Å². The second-order valence-corrected chi connectivity index (χ2v) is 7.05. The molecule has 4 heteroatoms. The fourth-order valence-electron chi connectivity index (χ4n) is 1.43. The monoisotopic (exact) mass is 334 g/mol. The van der Waals surface area contributed by atoms with Gasteiger partial charge in [-0.3, -0.25) is 0 Å². The molecule has 2 aromatic rings. The fourth-order valence-corrected chi connectivity index (χ4v) is 3.06. The minimum atomic E-state index is 0.821. The molecule has 2 rings (SSSR count). The zero-order valence-corrected chi connectivity index (χ0v) is 14.2. The summed E-state index contributed by atoms with van der Waals surface area (Å²) < 4.78 is 0. The topological polar surface area (TPSA) is 0 Å². The lowest BCUT2D eigenvalue weighted by Gasteiger charge is -1.98. The van der Waals surface area contributed by atoms with Gasteiger partial charge in [-0.2, -0.15) is 0 Å². The summed E-state index contributed by atoms with van der Waals surface area (Å²) in [6.45, 7) is 0. The van der Waals surface area contributed by atoms with Crippen molar-refractivity contribution < 1.29 is 0 Å². The number of hydrogen-bond donors (Lipinski definition) is 2. The first kappa shape index (κ1) is 15.8. The lowest BCUT2D eigenvalue weighted by molar-refractivity contribution is 1.36. The summed E-state index contributed by atoms with van der Waals surface area (Å²) in [6.07, 6.45) is 0. The van der Waals surface area contributed by atoms with Crippen molar-refractivity contribution >= 4 is 48.8 Å². The SMILES string of the molecule is Sc1ccc(SCC#CCSc2ccc(S)cc2)cc1. The quantitative estimate of drug-likeness (QED) is 0.451. The van der Waals surface area contributed by atoms with Crippen LogP contribution in [0.1, 0.15) is 0 Å². The molecule has 0 unspecified atom stereocenters. The number of hydrogen-bond acceptors (Lipinski definition) is 4. The van der Waals surface area contributed by atoms with E-state index < -0.39 is 0 Å². The molecule has 0 amide bonds. The van der Waals surface area contributed by atoms with Crippen molar-refractivity contribution in [2.24, 2.45) is 0 Å². The van der Waals surface area contributed by atoms with Crippen molar-refractivity contribution in [3.05, 3.63) is 48.5 Å². The number of thioether (sulfide) groups is 2. The average Bonchev–Trinajstić information content (AvgIpc) is 2.46. The number of rotatable bonds is 4. The summed E-state index contributed by atoms with van der Waals surface area (Å²) in [5.41, 5.74) is 0. The maximum absolute atomic E-state index is 4.26. The zero-order valence-electron chi connectivity index (χ0n) is 10.7. The first-order valence-corrected chi connectivity index (χ1v) is 8.90. The summed E-state index contributed by atoms with van der Waals surface area (Å²) in [7, 11) is 0. The van der Waals surface area contributed by atoms with Crippen molar-refractivity contribution in [2.75, 3.05) is 11.5 Å². The van der Waals surface area contributed by atoms with Crippen molar-refractivity contribution in [3.8, 4) is 11.8 Å². The normalized spacial score (nSPS) is 9.90. The second-order valence-electron chi connectivity index (χ2n) is 3.92. The van der Waals surface area contributed by atoms with Crippen LogP contribution in [0, 0.1) is 11.8 Å². The Labute approximate surface area is 140 Å². The average molecular weight is 335 g/mol. The Morgan fingerprint density at radius 2 is 1.00 bits per heavy atom. The van der Waals surface area contributed by atoms with E-state index in [1.165, 1.54) is 9.79 Å². The van der Waals surface area contributed by atoms with E-state index in [-0.39, 0.29) is 0 Å². The first-order valence-electron chi connectivity index (χ1n) is 6.03. The molecule has 0 spiro atoms. The van der Waals surface area contributed by atoms with Crippen molar-refractivity contribution in [1.29, 1.82) is 0 Å². The Morgan fingerprint density at radius 3 is 1.35 bits per heavy atom. The highest BCUT2D eigenvalue weighted by atomic mass is 32.2. The third-order valence-corrected chi connectivity index (χ3v) is 4.81. The molecule has 0 fully saturated rings. The van der Waals surface area contributed by atoms with E-state index in [0.717, 1.165) is 21.3 Å². The van der Waals surface area contributed by atoms with Gasteiger partial charge in [0.15, 0.2) is 0 Å². The van der Waals surface area contributed by atoms with Crippen LogP contribution < -0.4 is 0 Å². The molecule has 20 heavy (non-hydrogen) atoms. The molecule has 0 aliphatic carbocycles. The Kier molecular flexibility index (Phi) is 6.81. The van der Waals surface area contributed by atoms with Gasteiger partial charge in [0.2, 0.25) is 0 Å². The van der Waals surface area contributed by atoms with E-state index in [4.69, 9.17) is 0 Å². The maximum atomic E-state index is 4.26. The summed E-state index contributed by atoms with van der Waals surface area (Å²) in [6, 6.07) is 16.3. The van der Waals surface area contributed by atoms with Gasteiger partial charge in [0, 0.05) is 19.6 Å². The van der Waals surface area contributed by atoms with Crippen LogP contribution in [0.25, 0.3) is 0 Å². The molecule has 0 radical (unpaired) electrons. The zero-order chi connectivity index (χ0) is 14.2. The van der Waals surface area contributed by atoms with Crippen LogP contribution in [-0.4, -0.2) is 11.5 Å². The maximum Gasteiger partial charge on any atom is 0.0595 e. The Balaban J connectivity index is 1.70. The summed E-state index contributed by atoms with van der Waals surface area (Å²) >= 11 is 12.0. The van der Waals surface area contributed by atoms with E-state index in [0.29, 0.717) is 0 Å². The van der Waals surface area contributed by atoms with Crippen molar-refractivity contribution in [2.45, 2.75) is 19.6 Å². The van der Waals surface area contributed by atoms with Crippen LogP contribution in [0.3, 0.4) is 0 Å². The molecule has 0 aliphatic rings. The molecule has 0 saturated heterocycles. The highest BCUT2D eigenvalue weighted by Crippen LogP contribution is 2.20. The number of thiol groups is 2. The van der Waals surface area contributed by atoms with Crippen molar-refractivity contribution in [1.82, 2.24) is 0 Å². The molecule has 0 bridgehead atoms. The van der Waals surface area contributed by atoms with E-state index in [9.17, 15) is 0 Å². The van der Waals surface area contributed by atoms with Crippen LogP contribution in [0.5, 0.6) is 0 Å². The molecule has 0 aliphatic heterocycles. The molecule has 0 saturated carbocycles. The van der Waals surface area contributed by atoms with Gasteiger partial charge in [-0.1, -0.05) is 11.8 Å². The lowest BCUT2D eigenvalue weighted by Crippen LogP contribution is -1.77. The van der Waals surface area contributed by atoms with Gasteiger partial charge in [-0.25, -0.2) is 0 Å². The smallest absolute Gasteiger partial charge is 0.0595 e. The van der Waals surface area contributed by atoms with Gasteiger partial charge in [0.05, 0.1) is 11.5 Å². The van der Waals surface area contributed by atoms with Crippen LogP contribution in [0.15, 0.2) is 68.1 Å². The van der Waals surface area contributed by atoms with E-state index >= 15 is 0 Å². The summed E-state index contributed by atoms with van der Waals surface area (Å²) in [4.78, 5) is 4.44. The predicted molar refractivity (Wildman–Crippen MR) is 96.6 cm³/mol. The van der Waals surface area contributed by atoms with Gasteiger partial charge >= 0.3 is 0 Å². The third-order valence-electron chi connectivity index (χ3n) is 2.42. The predicted octanol–water partition coefficient (Wildman–Crippen LogP) is 5.15. The van der Waals surface area contributed by atoms with Gasteiger partial charge in [0.25, 0.3) is 0 Å². The Bertz CT molecular complexity index is 538. The fraction of sp³-hybridized carbons (Fsp3) is 0.125. The Hall–Kier alpha value is -0.600. The molecule has 0 atom stereocenters. The third kappa shape index (κ3) is 5.80. The van der Waals surface area contributed by atoms with E-state index in [1.54, 1.807) is 23.5 Å². The van der Waals surface area contributed by atoms with Crippen LogP contribution in [0.2, 0.25) is 0 Å². The molecular formula is C16H14S4. The van der Waals surface area contributed by atoms with Crippen LogP contribution in [0.4, 0.5) is 0 Å². The van der Waals surface area contributed by atoms with Gasteiger partial charge in [0.1, 0.15) is 0 Å². The van der Waals surface area contributed by atoms with Gasteiger partial charge in [-0.15, -0.1) is 48.8 Å². The highest BCUT2D eigenvalue weighted by Gasteiger charge is 1.92. The Morgan fingerprint density at radius 1 is 0.650 bits per heavy atom. The van der Waals surface area contributed by atoms with Crippen LogP contribution >= 0.6 is 48.8 Å². The van der Waals surface area contributed by atoms with Gasteiger partial charge < -0.3 is 0 Å². The largest absolute Gasteiger partial charge is 0.143 e. The first-order chi connectivity index (χ1) is 9.74. The highest BCUT2D eigenvalue weighted by molar-refractivity contribution is 7.99. The molecule has 0 heterocycles. The summed E-state index contributed by atoms with van der Waals surface area (Å²) in [5.74, 6) is 8.02. The minimum absolute atomic E-state index is 0.821.